The summed E-state index contributed by atoms with van der Waals surface area (Å²) in [6.07, 6.45) is 8.30. The maximum atomic E-state index is 12.0. The topological polar surface area (TPSA) is 76.7 Å². The Labute approximate surface area is 142 Å². The number of carbonyl (C=O) groups excluding carboxylic acids is 2. The van der Waals surface area contributed by atoms with Gasteiger partial charge in [-0.1, -0.05) is 24.6 Å². The molecule has 1 atom stereocenters. The van der Waals surface area contributed by atoms with Crippen molar-refractivity contribution in [1.82, 2.24) is 5.32 Å². The van der Waals surface area contributed by atoms with Crippen LogP contribution in [0.5, 0.6) is 0 Å². The number of carbonyl (C=O) groups is 2. The molecule has 130 valence electrons. The first-order chi connectivity index (χ1) is 11.7. The first kappa shape index (κ1) is 17.8. The zero-order valence-corrected chi connectivity index (χ0v) is 13.9. The van der Waals surface area contributed by atoms with E-state index in [9.17, 15) is 9.59 Å². The zero-order chi connectivity index (χ0) is 17.2. The van der Waals surface area contributed by atoms with Crippen LogP contribution >= 0.6 is 0 Å². The van der Waals surface area contributed by atoms with Crippen LogP contribution in [0, 0.1) is 0 Å². The molecule has 0 fully saturated rings. The summed E-state index contributed by atoms with van der Waals surface area (Å²) in [5.41, 5.74) is 1.47. The molecule has 6 nitrogen and oxygen atoms in total. The molecule has 0 aromatic heterocycles. The summed E-state index contributed by atoms with van der Waals surface area (Å²) in [6.45, 7) is 0.178. The van der Waals surface area contributed by atoms with Gasteiger partial charge in [0.25, 0.3) is 0 Å². The van der Waals surface area contributed by atoms with Crippen molar-refractivity contribution in [2.24, 2.45) is 0 Å². The predicted octanol–water partition coefficient (Wildman–Crippen LogP) is 3.98. The number of ether oxygens (including phenoxy) is 2. The van der Waals surface area contributed by atoms with Gasteiger partial charge in [0.2, 0.25) is 0 Å². The number of alkyl carbamates (subject to hydrolysis) is 1. The summed E-state index contributed by atoms with van der Waals surface area (Å²) in [7, 11) is 1.51. The lowest BCUT2D eigenvalue weighted by Gasteiger charge is -2.16. The molecule has 1 aliphatic rings. The highest BCUT2D eigenvalue weighted by atomic mass is 16.6. The largest absolute Gasteiger partial charge is 0.445 e. The maximum Gasteiger partial charge on any atom is 0.412 e. The molecule has 1 aliphatic carbocycles. The SMILES string of the molecule is CNC(=O)OCc1ccc(NC(=O)OC2/C=C/CCCCC2)cc1. The van der Waals surface area contributed by atoms with Crippen LogP contribution in [-0.4, -0.2) is 25.3 Å². The van der Waals surface area contributed by atoms with Gasteiger partial charge in [-0.05, 0) is 49.5 Å². The monoisotopic (exact) mass is 332 g/mol. The summed E-state index contributed by atoms with van der Waals surface area (Å²) in [4.78, 5) is 23.0. The molecule has 6 heteroatoms. The maximum absolute atomic E-state index is 12.0. The van der Waals surface area contributed by atoms with Crippen molar-refractivity contribution in [2.45, 2.75) is 44.8 Å². The molecule has 0 radical (unpaired) electrons. The number of hydrogen-bond donors (Lipinski definition) is 2. The Morgan fingerprint density at radius 1 is 1.12 bits per heavy atom. The van der Waals surface area contributed by atoms with Crippen LogP contribution in [0.3, 0.4) is 0 Å². The molecule has 0 saturated heterocycles. The fourth-order valence-electron chi connectivity index (χ4n) is 2.42. The Morgan fingerprint density at radius 2 is 1.92 bits per heavy atom. The first-order valence-electron chi connectivity index (χ1n) is 8.25. The van der Waals surface area contributed by atoms with Gasteiger partial charge in [-0.3, -0.25) is 5.32 Å². The summed E-state index contributed by atoms with van der Waals surface area (Å²) < 4.78 is 10.4. The third-order valence-corrected chi connectivity index (χ3v) is 3.74. The molecular weight excluding hydrogens is 308 g/mol. The fraction of sp³-hybridized carbons (Fsp3) is 0.444. The average molecular weight is 332 g/mol. The molecule has 0 spiro atoms. The number of rotatable bonds is 4. The molecule has 2 amide bonds. The van der Waals surface area contributed by atoms with E-state index in [0.29, 0.717) is 5.69 Å². The highest BCUT2D eigenvalue weighted by molar-refractivity contribution is 5.84. The van der Waals surface area contributed by atoms with Gasteiger partial charge < -0.3 is 14.8 Å². The number of amides is 2. The standard InChI is InChI=1S/C18H24N2O4/c1-19-17(21)23-13-14-9-11-15(12-10-14)20-18(22)24-16-7-5-3-2-4-6-8-16/h5,7,9-12,16H,2-4,6,8,13H2,1H3,(H,19,21)(H,20,22)/b7-5+. The molecule has 1 unspecified atom stereocenters. The minimum atomic E-state index is -0.479. The van der Waals surface area contributed by atoms with Crippen molar-refractivity contribution in [3.8, 4) is 0 Å². The molecule has 24 heavy (non-hydrogen) atoms. The van der Waals surface area contributed by atoms with Crippen LogP contribution in [0.2, 0.25) is 0 Å². The van der Waals surface area contributed by atoms with Crippen molar-refractivity contribution >= 4 is 17.9 Å². The van der Waals surface area contributed by atoms with Gasteiger partial charge in [-0.2, -0.15) is 0 Å². The molecule has 1 aromatic rings. The second-order valence-electron chi connectivity index (χ2n) is 5.66. The van der Waals surface area contributed by atoms with Crippen LogP contribution in [0.1, 0.15) is 37.7 Å². The lowest BCUT2D eigenvalue weighted by atomic mass is 10.0. The predicted molar refractivity (Wildman–Crippen MR) is 91.8 cm³/mol. The van der Waals surface area contributed by atoms with Crippen LogP contribution in [0.4, 0.5) is 15.3 Å². The molecular formula is C18H24N2O4. The lowest BCUT2D eigenvalue weighted by Crippen LogP contribution is -2.21. The highest BCUT2D eigenvalue weighted by Gasteiger charge is 2.12. The summed E-state index contributed by atoms with van der Waals surface area (Å²) in [6, 6.07) is 7.07. The van der Waals surface area contributed by atoms with Crippen LogP contribution in [0.15, 0.2) is 36.4 Å². The van der Waals surface area contributed by atoms with Gasteiger partial charge in [-0.15, -0.1) is 0 Å². The Hall–Kier alpha value is -2.50. The van der Waals surface area contributed by atoms with E-state index in [4.69, 9.17) is 9.47 Å². The van der Waals surface area contributed by atoms with Crippen molar-refractivity contribution in [3.63, 3.8) is 0 Å². The zero-order valence-electron chi connectivity index (χ0n) is 13.9. The Balaban J connectivity index is 1.80. The normalized spacial score (nSPS) is 18.6. The van der Waals surface area contributed by atoms with E-state index >= 15 is 0 Å². The van der Waals surface area contributed by atoms with Gasteiger partial charge in [-0.25, -0.2) is 9.59 Å². The van der Waals surface area contributed by atoms with Crippen LogP contribution in [0.25, 0.3) is 0 Å². The Kier molecular flexibility index (Phi) is 7.14. The molecule has 0 saturated carbocycles. The first-order valence-corrected chi connectivity index (χ1v) is 8.25. The van der Waals surface area contributed by atoms with Gasteiger partial charge in [0.15, 0.2) is 0 Å². The van der Waals surface area contributed by atoms with Crippen LogP contribution < -0.4 is 10.6 Å². The van der Waals surface area contributed by atoms with Gasteiger partial charge in [0.1, 0.15) is 12.7 Å². The summed E-state index contributed by atoms with van der Waals surface area (Å²) in [5.74, 6) is 0. The van der Waals surface area contributed by atoms with Crippen molar-refractivity contribution < 1.29 is 19.1 Å². The average Bonchev–Trinajstić information content (AvgIpc) is 2.56. The van der Waals surface area contributed by atoms with Crippen molar-refractivity contribution in [2.75, 3.05) is 12.4 Å². The molecule has 0 aliphatic heterocycles. The number of hydrogen-bond acceptors (Lipinski definition) is 4. The minimum absolute atomic E-state index is 0.162. The van der Waals surface area contributed by atoms with E-state index in [1.807, 2.05) is 6.08 Å². The minimum Gasteiger partial charge on any atom is -0.445 e. The second-order valence-corrected chi connectivity index (χ2v) is 5.66. The fourth-order valence-corrected chi connectivity index (χ4v) is 2.42. The molecule has 0 heterocycles. The Morgan fingerprint density at radius 3 is 2.67 bits per heavy atom. The lowest BCUT2D eigenvalue weighted by molar-refractivity contribution is 0.127. The molecule has 1 aromatic carbocycles. The molecule has 0 bridgehead atoms. The Bertz CT molecular complexity index is 569. The van der Waals surface area contributed by atoms with Crippen LogP contribution in [-0.2, 0) is 16.1 Å². The van der Waals surface area contributed by atoms with E-state index in [2.05, 4.69) is 16.7 Å². The van der Waals surface area contributed by atoms with Crippen molar-refractivity contribution in [3.05, 3.63) is 42.0 Å². The van der Waals surface area contributed by atoms with E-state index in [1.165, 1.54) is 19.9 Å². The number of allylic oxidation sites excluding steroid dienone is 1. The number of benzene rings is 1. The molecule has 2 N–H and O–H groups in total. The van der Waals surface area contributed by atoms with Gasteiger partial charge in [0.05, 0.1) is 0 Å². The summed E-state index contributed by atoms with van der Waals surface area (Å²) >= 11 is 0. The summed E-state index contributed by atoms with van der Waals surface area (Å²) in [5, 5.41) is 5.09. The van der Waals surface area contributed by atoms with E-state index in [1.54, 1.807) is 24.3 Å². The van der Waals surface area contributed by atoms with Gasteiger partial charge >= 0.3 is 12.2 Å². The van der Waals surface area contributed by atoms with Crippen molar-refractivity contribution in [1.29, 1.82) is 0 Å². The third kappa shape index (κ3) is 6.32. The number of nitrogens with one attached hydrogen (secondary N) is 2. The van der Waals surface area contributed by atoms with E-state index in [0.717, 1.165) is 24.8 Å². The quantitative estimate of drug-likeness (QED) is 0.818. The highest BCUT2D eigenvalue weighted by Crippen LogP contribution is 2.16. The van der Waals surface area contributed by atoms with Gasteiger partial charge in [0, 0.05) is 12.7 Å². The van der Waals surface area contributed by atoms with E-state index < -0.39 is 12.2 Å². The third-order valence-electron chi connectivity index (χ3n) is 3.74. The molecule has 2 rings (SSSR count). The smallest absolute Gasteiger partial charge is 0.412 e. The second kappa shape index (κ2) is 9.60. The van der Waals surface area contributed by atoms with E-state index in [-0.39, 0.29) is 12.7 Å². The number of anilines is 1.